The van der Waals surface area contributed by atoms with Crippen molar-refractivity contribution in [1.82, 2.24) is 10.2 Å². The fourth-order valence-electron chi connectivity index (χ4n) is 1.97. The van der Waals surface area contributed by atoms with Crippen LogP contribution in [0.25, 0.3) is 0 Å². The number of hydrogen-bond donors (Lipinski definition) is 2. The molecule has 0 bridgehead atoms. The maximum Gasteiger partial charge on any atom is 0.317 e. The lowest BCUT2D eigenvalue weighted by atomic mass is 10.1. The molecule has 1 heterocycles. The van der Waals surface area contributed by atoms with E-state index in [-0.39, 0.29) is 12.6 Å². The molecule has 1 aromatic carbocycles. The van der Waals surface area contributed by atoms with Crippen molar-refractivity contribution < 1.29 is 19.0 Å². The summed E-state index contributed by atoms with van der Waals surface area (Å²) in [6, 6.07) is 3.91. The molecule has 0 spiro atoms. The van der Waals surface area contributed by atoms with Gasteiger partial charge in [0.15, 0.2) is 0 Å². The Labute approximate surface area is 111 Å². The number of hydrogen-bond acceptors (Lipinski definition) is 3. The first kappa shape index (κ1) is 13.6. The quantitative estimate of drug-likeness (QED) is 0.845. The second kappa shape index (κ2) is 5.88. The smallest absolute Gasteiger partial charge is 0.317 e. The Hall–Kier alpha value is -1.82. The molecule has 1 aromatic rings. The van der Waals surface area contributed by atoms with E-state index >= 15 is 0 Å². The molecule has 1 atom stereocenters. The summed E-state index contributed by atoms with van der Waals surface area (Å²) in [7, 11) is 0. The standard InChI is InChI=1S/C13H17FN2O3/c1-9(17)11-3-2-10(14)8-12(11)19-7-6-16-5-4-15-13(16)18/h2-3,8-9,17H,4-7H2,1H3,(H,15,18)/t9-/m1/s1. The number of urea groups is 1. The average Bonchev–Trinajstić information content (AvgIpc) is 2.75. The van der Waals surface area contributed by atoms with E-state index in [2.05, 4.69) is 5.32 Å². The van der Waals surface area contributed by atoms with E-state index in [1.807, 2.05) is 0 Å². The van der Waals surface area contributed by atoms with Gasteiger partial charge < -0.3 is 20.1 Å². The Bertz CT molecular complexity index is 465. The predicted octanol–water partition coefficient (Wildman–Crippen LogP) is 1.28. The minimum absolute atomic E-state index is 0.112. The van der Waals surface area contributed by atoms with Crippen molar-refractivity contribution >= 4 is 6.03 Å². The lowest BCUT2D eigenvalue weighted by molar-refractivity contribution is 0.184. The number of carbonyl (C=O) groups excluding carboxylic acids is 1. The van der Waals surface area contributed by atoms with Crippen LogP contribution >= 0.6 is 0 Å². The summed E-state index contributed by atoms with van der Waals surface area (Å²) in [4.78, 5) is 12.9. The van der Waals surface area contributed by atoms with Crippen LogP contribution in [0.2, 0.25) is 0 Å². The Morgan fingerprint density at radius 3 is 3.00 bits per heavy atom. The van der Waals surface area contributed by atoms with Crippen LogP contribution in [0.3, 0.4) is 0 Å². The van der Waals surface area contributed by atoms with Crippen molar-refractivity contribution in [2.75, 3.05) is 26.2 Å². The van der Waals surface area contributed by atoms with Crippen molar-refractivity contribution in [1.29, 1.82) is 0 Å². The first-order valence-corrected chi connectivity index (χ1v) is 6.21. The monoisotopic (exact) mass is 268 g/mol. The van der Waals surface area contributed by atoms with Crippen LogP contribution in [-0.2, 0) is 0 Å². The minimum atomic E-state index is -0.731. The minimum Gasteiger partial charge on any atom is -0.491 e. The van der Waals surface area contributed by atoms with E-state index in [0.29, 0.717) is 30.9 Å². The molecule has 2 rings (SSSR count). The fraction of sp³-hybridized carbons (Fsp3) is 0.462. The number of aliphatic hydroxyl groups is 1. The van der Waals surface area contributed by atoms with E-state index < -0.39 is 11.9 Å². The number of aliphatic hydroxyl groups excluding tert-OH is 1. The summed E-state index contributed by atoms with van der Waals surface area (Å²) >= 11 is 0. The Kier molecular flexibility index (Phi) is 4.21. The maximum absolute atomic E-state index is 13.2. The van der Waals surface area contributed by atoms with Gasteiger partial charge in [-0.05, 0) is 19.1 Å². The molecule has 1 fully saturated rings. The Morgan fingerprint density at radius 2 is 2.37 bits per heavy atom. The number of ether oxygens (including phenoxy) is 1. The van der Waals surface area contributed by atoms with Crippen molar-refractivity contribution in [3.63, 3.8) is 0 Å². The van der Waals surface area contributed by atoms with Crippen LogP contribution in [0.15, 0.2) is 18.2 Å². The second-order valence-electron chi connectivity index (χ2n) is 4.43. The zero-order chi connectivity index (χ0) is 13.8. The molecule has 1 saturated heterocycles. The lowest BCUT2D eigenvalue weighted by Crippen LogP contribution is -2.31. The SMILES string of the molecule is C[C@@H](O)c1ccc(F)cc1OCCN1CCNC1=O. The normalized spacial score (nSPS) is 16.4. The molecular weight excluding hydrogens is 251 g/mol. The highest BCUT2D eigenvalue weighted by molar-refractivity contribution is 5.76. The largest absolute Gasteiger partial charge is 0.491 e. The number of benzene rings is 1. The maximum atomic E-state index is 13.2. The van der Waals surface area contributed by atoms with Crippen LogP contribution in [0, 0.1) is 5.82 Å². The summed E-state index contributed by atoms with van der Waals surface area (Å²) in [5, 5.41) is 12.3. The molecule has 0 aromatic heterocycles. The molecule has 104 valence electrons. The first-order valence-electron chi connectivity index (χ1n) is 6.21. The van der Waals surface area contributed by atoms with Gasteiger partial charge in [0.2, 0.25) is 0 Å². The zero-order valence-electron chi connectivity index (χ0n) is 10.7. The number of carbonyl (C=O) groups is 1. The summed E-state index contributed by atoms with van der Waals surface area (Å²) in [5.74, 6) is -0.104. The number of rotatable bonds is 5. The topological polar surface area (TPSA) is 61.8 Å². The van der Waals surface area contributed by atoms with Crippen LogP contribution in [-0.4, -0.2) is 42.3 Å². The van der Waals surface area contributed by atoms with E-state index in [9.17, 15) is 14.3 Å². The summed E-state index contributed by atoms with van der Waals surface area (Å²) < 4.78 is 18.6. The van der Waals surface area contributed by atoms with Crippen LogP contribution in [0.1, 0.15) is 18.6 Å². The molecule has 1 aliphatic rings. The number of halogens is 1. The molecule has 0 radical (unpaired) electrons. The van der Waals surface area contributed by atoms with Crippen molar-refractivity contribution in [3.8, 4) is 5.75 Å². The van der Waals surface area contributed by atoms with Gasteiger partial charge in [0.25, 0.3) is 0 Å². The fourth-order valence-corrected chi connectivity index (χ4v) is 1.97. The Morgan fingerprint density at radius 1 is 1.58 bits per heavy atom. The van der Waals surface area contributed by atoms with Gasteiger partial charge in [0.1, 0.15) is 18.2 Å². The summed E-state index contributed by atoms with van der Waals surface area (Å²) in [6.07, 6.45) is -0.731. The molecular formula is C13H17FN2O3. The molecule has 6 heteroatoms. The summed E-state index contributed by atoms with van der Waals surface area (Å²) in [6.45, 7) is 3.57. The van der Waals surface area contributed by atoms with E-state index in [4.69, 9.17) is 4.74 Å². The Balaban J connectivity index is 1.95. The molecule has 0 saturated carbocycles. The third-order valence-electron chi connectivity index (χ3n) is 2.99. The molecule has 2 amide bonds. The first-order chi connectivity index (χ1) is 9.08. The highest BCUT2D eigenvalue weighted by atomic mass is 19.1. The third kappa shape index (κ3) is 3.35. The van der Waals surface area contributed by atoms with Crippen LogP contribution in [0.4, 0.5) is 9.18 Å². The predicted molar refractivity (Wildman–Crippen MR) is 67.5 cm³/mol. The van der Waals surface area contributed by atoms with Crippen molar-refractivity contribution in [2.24, 2.45) is 0 Å². The molecule has 2 N–H and O–H groups in total. The average molecular weight is 268 g/mol. The van der Waals surface area contributed by atoms with Gasteiger partial charge >= 0.3 is 6.03 Å². The van der Waals surface area contributed by atoms with Gasteiger partial charge in [-0.25, -0.2) is 9.18 Å². The van der Waals surface area contributed by atoms with E-state index in [0.717, 1.165) is 0 Å². The second-order valence-corrected chi connectivity index (χ2v) is 4.43. The molecule has 1 aliphatic heterocycles. The van der Waals surface area contributed by atoms with Gasteiger partial charge in [-0.2, -0.15) is 0 Å². The summed E-state index contributed by atoms with van der Waals surface area (Å²) in [5.41, 5.74) is 0.535. The molecule has 0 aliphatic carbocycles. The van der Waals surface area contributed by atoms with Gasteiger partial charge in [-0.3, -0.25) is 0 Å². The zero-order valence-corrected chi connectivity index (χ0v) is 10.7. The highest BCUT2D eigenvalue weighted by Crippen LogP contribution is 2.25. The number of nitrogens with zero attached hydrogens (tertiary/aromatic N) is 1. The number of nitrogens with one attached hydrogen (secondary N) is 1. The van der Waals surface area contributed by atoms with Gasteiger partial charge in [-0.1, -0.05) is 0 Å². The lowest BCUT2D eigenvalue weighted by Gasteiger charge is -2.17. The molecule has 5 nitrogen and oxygen atoms in total. The van der Waals surface area contributed by atoms with Crippen LogP contribution < -0.4 is 10.1 Å². The van der Waals surface area contributed by atoms with Crippen LogP contribution in [0.5, 0.6) is 5.75 Å². The highest BCUT2D eigenvalue weighted by Gasteiger charge is 2.19. The van der Waals surface area contributed by atoms with Gasteiger partial charge in [-0.15, -0.1) is 0 Å². The molecule has 0 unspecified atom stereocenters. The van der Waals surface area contributed by atoms with E-state index in [1.54, 1.807) is 11.8 Å². The third-order valence-corrected chi connectivity index (χ3v) is 2.99. The van der Waals surface area contributed by atoms with Crippen molar-refractivity contribution in [3.05, 3.63) is 29.6 Å². The number of amides is 2. The molecule has 19 heavy (non-hydrogen) atoms. The van der Waals surface area contributed by atoms with Gasteiger partial charge in [0, 0.05) is 24.7 Å². The van der Waals surface area contributed by atoms with Gasteiger partial charge in [0.05, 0.1) is 12.6 Å². The van der Waals surface area contributed by atoms with Crippen molar-refractivity contribution in [2.45, 2.75) is 13.0 Å². The van der Waals surface area contributed by atoms with E-state index in [1.165, 1.54) is 18.2 Å².